The van der Waals surface area contributed by atoms with E-state index >= 15 is 4.57 Å². The molecule has 0 aromatic heterocycles. The molecule has 1 aliphatic rings. The molecule has 0 bridgehead atoms. The van der Waals surface area contributed by atoms with Crippen molar-refractivity contribution in [3.05, 3.63) is 84.9 Å². The van der Waals surface area contributed by atoms with Crippen LogP contribution in [0.5, 0.6) is 0 Å². The van der Waals surface area contributed by atoms with E-state index in [2.05, 4.69) is 65.1 Å². The summed E-state index contributed by atoms with van der Waals surface area (Å²) in [6.45, 7) is 3.47. The molecule has 4 aromatic carbocycles. The predicted molar refractivity (Wildman–Crippen MR) is 124 cm³/mol. The van der Waals surface area contributed by atoms with Gasteiger partial charge in [0.05, 0.1) is 0 Å². The number of benzene rings is 4. The normalized spacial score (nSPS) is 16.4. The number of piperazine rings is 1. The van der Waals surface area contributed by atoms with Gasteiger partial charge < -0.3 is 4.90 Å². The van der Waals surface area contributed by atoms with Gasteiger partial charge in [-0.05, 0) is 40.7 Å². The van der Waals surface area contributed by atoms with Crippen LogP contribution in [0.25, 0.3) is 21.5 Å². The lowest BCUT2D eigenvalue weighted by Crippen LogP contribution is -2.46. The van der Waals surface area contributed by atoms with Crippen molar-refractivity contribution >= 4 is 39.4 Å². The summed E-state index contributed by atoms with van der Waals surface area (Å²) in [5, 5.41) is 6.36. The van der Waals surface area contributed by atoms with Crippen molar-refractivity contribution in [2.75, 3.05) is 33.2 Å². The van der Waals surface area contributed by atoms with E-state index in [0.717, 1.165) is 58.3 Å². The first-order valence-electron chi connectivity index (χ1n) is 10.2. The van der Waals surface area contributed by atoms with Gasteiger partial charge in [0.2, 0.25) is 7.29 Å². The van der Waals surface area contributed by atoms with Gasteiger partial charge in [-0.2, -0.15) is 0 Å². The second-order valence-electron chi connectivity index (χ2n) is 7.83. The third-order valence-electron chi connectivity index (χ3n) is 6.06. The van der Waals surface area contributed by atoms with Crippen molar-refractivity contribution in [2.45, 2.75) is 0 Å². The average molecular weight is 400 g/mol. The van der Waals surface area contributed by atoms with Crippen molar-refractivity contribution in [2.24, 2.45) is 0 Å². The summed E-state index contributed by atoms with van der Waals surface area (Å²) in [5.74, 6) is 0. The fourth-order valence-corrected chi connectivity index (χ4v) is 7.71. The Hall–Kier alpha value is -2.45. The molecule has 4 aromatic rings. The lowest BCUT2D eigenvalue weighted by atomic mass is 10.1. The number of hydrogen-bond donors (Lipinski definition) is 0. The number of nitrogens with zero attached hydrogens (tertiary/aromatic N) is 2. The highest BCUT2D eigenvalue weighted by Crippen LogP contribution is 2.50. The Morgan fingerprint density at radius 3 is 1.59 bits per heavy atom. The molecule has 4 heteroatoms. The summed E-state index contributed by atoms with van der Waals surface area (Å²) in [7, 11) is -0.873. The van der Waals surface area contributed by atoms with Gasteiger partial charge in [-0.15, -0.1) is 0 Å². The van der Waals surface area contributed by atoms with Gasteiger partial charge in [0.15, 0.2) is 0 Å². The Morgan fingerprint density at radius 1 is 0.621 bits per heavy atom. The van der Waals surface area contributed by atoms with Gasteiger partial charge in [0, 0.05) is 36.8 Å². The van der Waals surface area contributed by atoms with Gasteiger partial charge in [0.1, 0.15) is 0 Å². The summed E-state index contributed by atoms with van der Waals surface area (Å²) in [4.78, 5) is 2.31. The molecule has 1 saturated heterocycles. The Labute approximate surface area is 172 Å². The molecule has 0 saturated carbocycles. The van der Waals surface area contributed by atoms with Crippen molar-refractivity contribution in [3.63, 3.8) is 0 Å². The molecular formula is C25H25N2OP. The monoisotopic (exact) mass is 400 g/mol. The van der Waals surface area contributed by atoms with Crippen molar-refractivity contribution < 1.29 is 4.57 Å². The van der Waals surface area contributed by atoms with E-state index in [-0.39, 0.29) is 0 Å². The van der Waals surface area contributed by atoms with Gasteiger partial charge in [0.25, 0.3) is 0 Å². The topological polar surface area (TPSA) is 23.6 Å². The largest absolute Gasteiger partial charge is 0.304 e. The summed E-state index contributed by atoms with van der Waals surface area (Å²) in [6, 6.07) is 29.1. The van der Waals surface area contributed by atoms with Crippen molar-refractivity contribution in [1.29, 1.82) is 0 Å². The van der Waals surface area contributed by atoms with E-state index in [1.54, 1.807) is 0 Å². The molecule has 5 rings (SSSR count). The minimum Gasteiger partial charge on any atom is -0.304 e. The lowest BCUT2D eigenvalue weighted by molar-refractivity contribution is 0.224. The van der Waals surface area contributed by atoms with Crippen LogP contribution in [0.2, 0.25) is 0 Å². The molecular weight excluding hydrogens is 375 g/mol. The first-order valence-corrected chi connectivity index (χ1v) is 11.8. The zero-order valence-corrected chi connectivity index (χ0v) is 17.6. The summed E-state index contributed by atoms with van der Waals surface area (Å²) >= 11 is 0. The SMILES string of the molecule is CN1CCN(P(=O)(c2cccc3ccccc23)c2cccc3ccccc23)CC1. The Bertz CT molecular complexity index is 1130. The second-order valence-corrected chi connectivity index (χ2v) is 10.5. The fraction of sp³-hybridized carbons (Fsp3) is 0.200. The third kappa shape index (κ3) is 3.11. The van der Waals surface area contributed by atoms with Gasteiger partial charge in [-0.25, -0.2) is 4.67 Å². The number of hydrogen-bond acceptors (Lipinski definition) is 2. The van der Waals surface area contributed by atoms with Gasteiger partial charge in [-0.1, -0.05) is 72.8 Å². The zero-order valence-electron chi connectivity index (χ0n) is 16.7. The van der Waals surface area contributed by atoms with Crippen LogP contribution in [0.1, 0.15) is 0 Å². The van der Waals surface area contributed by atoms with Crippen molar-refractivity contribution in [3.8, 4) is 0 Å². The third-order valence-corrected chi connectivity index (χ3v) is 9.35. The van der Waals surface area contributed by atoms with E-state index in [0.29, 0.717) is 0 Å². The predicted octanol–water partition coefficient (Wildman–Crippen LogP) is 4.47. The van der Waals surface area contributed by atoms with E-state index < -0.39 is 7.29 Å². The molecule has 146 valence electrons. The molecule has 29 heavy (non-hydrogen) atoms. The van der Waals surface area contributed by atoms with Crippen LogP contribution in [0.4, 0.5) is 0 Å². The quantitative estimate of drug-likeness (QED) is 0.474. The molecule has 1 heterocycles. The van der Waals surface area contributed by atoms with Crippen molar-refractivity contribution in [1.82, 2.24) is 9.57 Å². The highest BCUT2D eigenvalue weighted by atomic mass is 31.2. The standard InChI is InChI=1S/C25H25N2OP/c1-26-16-18-27(19-17-26)29(28,24-14-6-10-20-8-2-4-12-22(20)24)25-15-7-11-21-9-3-5-13-23(21)25/h2-15H,16-19H2,1H3. The maximum Gasteiger partial charge on any atom is 0.208 e. The maximum atomic E-state index is 15.2. The molecule has 0 unspecified atom stereocenters. The molecule has 1 fully saturated rings. The molecule has 0 atom stereocenters. The van der Waals surface area contributed by atoms with Crippen LogP contribution >= 0.6 is 7.29 Å². The highest BCUT2D eigenvalue weighted by molar-refractivity contribution is 7.77. The number of rotatable bonds is 3. The minimum atomic E-state index is -3.01. The molecule has 1 aliphatic heterocycles. The maximum absolute atomic E-state index is 15.2. The highest BCUT2D eigenvalue weighted by Gasteiger charge is 2.38. The summed E-state index contributed by atoms with van der Waals surface area (Å²) in [6.07, 6.45) is 0. The smallest absolute Gasteiger partial charge is 0.208 e. The first-order chi connectivity index (χ1) is 14.2. The fourth-order valence-electron chi connectivity index (χ4n) is 4.46. The summed E-state index contributed by atoms with van der Waals surface area (Å²) in [5.41, 5.74) is 0. The minimum absolute atomic E-state index is 0.806. The molecule has 0 spiro atoms. The van der Waals surface area contributed by atoms with Crippen LogP contribution in [-0.4, -0.2) is 42.8 Å². The second kappa shape index (κ2) is 7.42. The first kappa shape index (κ1) is 18.6. The van der Waals surface area contributed by atoms with Gasteiger partial charge >= 0.3 is 0 Å². The zero-order chi connectivity index (χ0) is 19.8. The average Bonchev–Trinajstić information content (AvgIpc) is 2.78. The van der Waals surface area contributed by atoms with E-state index in [9.17, 15) is 0 Å². The Balaban J connectivity index is 1.82. The van der Waals surface area contributed by atoms with Crippen LogP contribution in [-0.2, 0) is 4.57 Å². The molecule has 0 N–H and O–H groups in total. The molecule has 0 amide bonds. The van der Waals surface area contributed by atoms with Crippen LogP contribution in [0.15, 0.2) is 84.9 Å². The van der Waals surface area contributed by atoms with Gasteiger partial charge in [-0.3, -0.25) is 4.57 Å². The molecule has 0 aliphatic carbocycles. The molecule has 0 radical (unpaired) electrons. The van der Waals surface area contributed by atoms with Crippen LogP contribution < -0.4 is 10.6 Å². The van der Waals surface area contributed by atoms with Crippen LogP contribution in [0.3, 0.4) is 0 Å². The Morgan fingerprint density at radius 2 is 1.07 bits per heavy atom. The Kier molecular flexibility index (Phi) is 4.75. The number of fused-ring (bicyclic) bond motifs is 2. The van der Waals surface area contributed by atoms with E-state index in [1.807, 2.05) is 36.4 Å². The van der Waals surface area contributed by atoms with E-state index in [4.69, 9.17) is 0 Å². The lowest BCUT2D eigenvalue weighted by Gasteiger charge is -2.39. The van der Waals surface area contributed by atoms with Crippen LogP contribution in [0, 0.1) is 0 Å². The summed E-state index contributed by atoms with van der Waals surface area (Å²) < 4.78 is 17.5. The molecule has 3 nitrogen and oxygen atoms in total. The number of likely N-dealkylation sites (N-methyl/N-ethyl adjacent to an activating group) is 1. The van der Waals surface area contributed by atoms with E-state index in [1.165, 1.54) is 0 Å².